The fourth-order valence-electron chi connectivity index (χ4n) is 6.10. The molecule has 3 aromatic rings. The summed E-state index contributed by atoms with van der Waals surface area (Å²) in [5.41, 5.74) is 0.305. The molecule has 0 atom stereocenters. The Morgan fingerprint density at radius 3 is 0.533 bits per heavy atom. The standard InChI is InChI=1S/3C20H32N2O3/c3*1-13(2)12-25-16-10-14(17(23)21-19(3,4)5)9-15(11-16)18(24)22-20(6,7)8/h3*9-11,13H,12H2,1-8H3,(H,21,23)(H,22,24). The molecule has 0 fully saturated rings. The maximum absolute atomic E-state index is 12.5. The second kappa shape index (κ2) is 27.6. The Bertz CT molecular complexity index is 1990. The maximum atomic E-state index is 12.5. The Balaban J connectivity index is 0.000000562. The first-order valence-corrected chi connectivity index (χ1v) is 26.1. The van der Waals surface area contributed by atoms with Crippen LogP contribution in [0.15, 0.2) is 54.6 Å². The zero-order chi connectivity index (χ0) is 58.2. The average Bonchev–Trinajstić information content (AvgIpc) is 3.20. The molecule has 6 N–H and O–H groups in total. The third kappa shape index (κ3) is 30.1. The summed E-state index contributed by atoms with van der Waals surface area (Å²) < 4.78 is 17.2. The quantitative estimate of drug-likeness (QED) is 0.0856. The van der Waals surface area contributed by atoms with Crippen LogP contribution < -0.4 is 46.1 Å². The van der Waals surface area contributed by atoms with E-state index in [-0.39, 0.29) is 68.7 Å². The predicted molar refractivity (Wildman–Crippen MR) is 304 cm³/mol. The van der Waals surface area contributed by atoms with E-state index >= 15 is 0 Å². The summed E-state index contributed by atoms with van der Waals surface area (Å²) in [6.07, 6.45) is 0. The van der Waals surface area contributed by atoms with Gasteiger partial charge in [-0.1, -0.05) is 41.5 Å². The summed E-state index contributed by atoms with van der Waals surface area (Å²) >= 11 is 0. The first-order valence-electron chi connectivity index (χ1n) is 26.1. The molecule has 75 heavy (non-hydrogen) atoms. The molecule has 0 saturated carbocycles. The van der Waals surface area contributed by atoms with Crippen molar-refractivity contribution in [2.45, 2.75) is 199 Å². The van der Waals surface area contributed by atoms with E-state index in [2.05, 4.69) is 31.9 Å². The van der Waals surface area contributed by atoms with Crippen LogP contribution in [0, 0.1) is 17.8 Å². The van der Waals surface area contributed by atoms with Crippen molar-refractivity contribution in [2.75, 3.05) is 19.8 Å². The number of hydrogen-bond acceptors (Lipinski definition) is 9. The molecule has 420 valence electrons. The van der Waals surface area contributed by atoms with Gasteiger partial charge in [-0.15, -0.1) is 0 Å². The summed E-state index contributed by atoms with van der Waals surface area (Å²) in [6.45, 7) is 48.3. The van der Waals surface area contributed by atoms with Gasteiger partial charge in [0.05, 0.1) is 19.8 Å². The van der Waals surface area contributed by atoms with Gasteiger partial charge in [0.15, 0.2) is 0 Å². The highest BCUT2D eigenvalue weighted by Gasteiger charge is 2.24. The molecular formula is C60H96N6O9. The third-order valence-corrected chi connectivity index (χ3v) is 8.97. The fourth-order valence-corrected chi connectivity index (χ4v) is 6.10. The molecule has 6 amide bonds. The summed E-state index contributed by atoms with van der Waals surface area (Å²) in [6, 6.07) is 14.9. The van der Waals surface area contributed by atoms with E-state index in [9.17, 15) is 28.8 Å². The molecule has 0 saturated heterocycles. The number of carbonyl (C=O) groups is 6. The number of benzene rings is 3. The van der Waals surface area contributed by atoms with Gasteiger partial charge in [0.1, 0.15) is 17.2 Å². The van der Waals surface area contributed by atoms with Crippen LogP contribution in [0.25, 0.3) is 0 Å². The Hall–Kier alpha value is -6.12. The lowest BCUT2D eigenvalue weighted by Crippen LogP contribution is -2.41. The number of nitrogens with one attached hydrogen (secondary N) is 6. The van der Waals surface area contributed by atoms with E-state index in [0.29, 0.717) is 88.2 Å². The number of hydrogen-bond donors (Lipinski definition) is 6. The largest absolute Gasteiger partial charge is 0.493 e. The minimum Gasteiger partial charge on any atom is -0.493 e. The highest BCUT2D eigenvalue weighted by molar-refractivity contribution is 6.02. The van der Waals surface area contributed by atoms with Gasteiger partial charge in [0, 0.05) is 66.6 Å². The van der Waals surface area contributed by atoms with Gasteiger partial charge >= 0.3 is 0 Å². The predicted octanol–water partition coefficient (Wildman–Crippen LogP) is 11.3. The minimum atomic E-state index is -0.361. The second-order valence-corrected chi connectivity index (χ2v) is 26.6. The lowest BCUT2D eigenvalue weighted by molar-refractivity contribution is 0.0901. The highest BCUT2D eigenvalue weighted by atomic mass is 16.5. The summed E-state index contributed by atoms with van der Waals surface area (Å²) in [5, 5.41) is 17.5. The molecule has 15 heteroatoms. The van der Waals surface area contributed by atoms with Crippen LogP contribution in [0.5, 0.6) is 17.2 Å². The lowest BCUT2D eigenvalue weighted by atomic mass is 10.0. The molecule has 0 aliphatic rings. The van der Waals surface area contributed by atoms with Gasteiger partial charge in [-0.2, -0.15) is 0 Å². The smallest absolute Gasteiger partial charge is 0.251 e. The van der Waals surface area contributed by atoms with Gasteiger partial charge in [-0.25, -0.2) is 0 Å². The monoisotopic (exact) mass is 1040 g/mol. The molecular weight excluding hydrogens is 949 g/mol. The molecule has 0 bridgehead atoms. The van der Waals surface area contributed by atoms with E-state index < -0.39 is 0 Å². The Kier molecular flexibility index (Phi) is 24.6. The van der Waals surface area contributed by atoms with E-state index in [1.165, 1.54) is 0 Å². The Morgan fingerprint density at radius 2 is 0.427 bits per heavy atom. The summed E-state index contributed by atoms with van der Waals surface area (Å²) in [5.74, 6) is 1.23. The second-order valence-electron chi connectivity index (χ2n) is 26.6. The van der Waals surface area contributed by atoms with Crippen LogP contribution >= 0.6 is 0 Å². The van der Waals surface area contributed by atoms with Crippen molar-refractivity contribution in [1.29, 1.82) is 0 Å². The molecule has 0 aliphatic heterocycles. The van der Waals surface area contributed by atoms with Crippen molar-refractivity contribution in [2.24, 2.45) is 17.8 Å². The number of rotatable bonds is 15. The molecule has 3 aromatic carbocycles. The van der Waals surface area contributed by atoms with E-state index in [0.717, 1.165) is 0 Å². The molecule has 3 rings (SSSR count). The lowest BCUT2D eigenvalue weighted by Gasteiger charge is -2.22. The average molecular weight is 1050 g/mol. The minimum absolute atomic E-state index is 0.229. The fraction of sp³-hybridized carbons (Fsp3) is 0.600. The van der Waals surface area contributed by atoms with Gasteiger partial charge in [0.2, 0.25) is 0 Å². The van der Waals surface area contributed by atoms with Crippen LogP contribution in [-0.2, 0) is 0 Å². The Morgan fingerprint density at radius 1 is 0.293 bits per heavy atom. The van der Waals surface area contributed by atoms with Gasteiger partial charge in [0.25, 0.3) is 35.4 Å². The van der Waals surface area contributed by atoms with Gasteiger partial charge in [-0.05, 0) is 197 Å². The first-order chi connectivity index (χ1) is 33.8. The van der Waals surface area contributed by atoms with Crippen molar-refractivity contribution in [3.8, 4) is 17.2 Å². The van der Waals surface area contributed by atoms with Crippen LogP contribution in [0.4, 0.5) is 0 Å². The normalized spacial score (nSPS) is 12.0. The van der Waals surface area contributed by atoms with E-state index in [1.807, 2.05) is 166 Å². The number of ether oxygens (including phenoxy) is 3. The molecule has 0 spiro atoms. The van der Waals surface area contributed by atoms with Gasteiger partial charge < -0.3 is 46.1 Å². The van der Waals surface area contributed by atoms with Crippen LogP contribution in [0.3, 0.4) is 0 Å². The summed E-state index contributed by atoms with van der Waals surface area (Å²) in [4.78, 5) is 75.1. The first kappa shape index (κ1) is 66.9. The maximum Gasteiger partial charge on any atom is 0.251 e. The topological polar surface area (TPSA) is 202 Å². The Labute approximate surface area is 450 Å². The zero-order valence-corrected chi connectivity index (χ0v) is 50.2. The molecule has 0 aromatic heterocycles. The molecule has 0 radical (unpaired) electrons. The summed E-state index contributed by atoms with van der Waals surface area (Å²) in [7, 11) is 0. The van der Waals surface area contributed by atoms with Crippen LogP contribution in [0.1, 0.15) is 228 Å². The van der Waals surface area contributed by atoms with Gasteiger partial charge in [-0.3, -0.25) is 28.8 Å². The van der Waals surface area contributed by atoms with Crippen molar-refractivity contribution in [3.05, 3.63) is 88.0 Å². The van der Waals surface area contributed by atoms with Crippen molar-refractivity contribution in [3.63, 3.8) is 0 Å². The SMILES string of the molecule is CC(C)COc1cc(C(=O)NC(C)(C)C)cc(C(=O)NC(C)(C)C)c1.CC(C)COc1cc(C(=O)NC(C)(C)C)cc(C(=O)NC(C)(C)C)c1.CC(C)COc1cc(C(=O)NC(C)(C)C)cc(C(=O)NC(C)(C)C)c1. The zero-order valence-electron chi connectivity index (χ0n) is 50.2. The van der Waals surface area contributed by atoms with E-state index in [4.69, 9.17) is 14.2 Å². The molecule has 0 heterocycles. The molecule has 0 aliphatic carbocycles. The highest BCUT2D eigenvalue weighted by Crippen LogP contribution is 2.23. The van der Waals surface area contributed by atoms with Crippen molar-refractivity contribution in [1.82, 2.24) is 31.9 Å². The van der Waals surface area contributed by atoms with Crippen LogP contribution in [0.2, 0.25) is 0 Å². The van der Waals surface area contributed by atoms with Crippen LogP contribution in [-0.4, -0.2) is 88.5 Å². The van der Waals surface area contributed by atoms with E-state index in [1.54, 1.807) is 54.6 Å². The third-order valence-electron chi connectivity index (χ3n) is 8.97. The molecule has 0 unspecified atom stereocenters. The number of carbonyl (C=O) groups excluding carboxylic acids is 6. The van der Waals surface area contributed by atoms with Crippen molar-refractivity contribution < 1.29 is 43.0 Å². The molecule has 15 nitrogen and oxygen atoms in total. The number of amides is 6. The van der Waals surface area contributed by atoms with Crippen molar-refractivity contribution >= 4 is 35.4 Å².